The second kappa shape index (κ2) is 6.71. The molecule has 1 N–H and O–H groups in total. The fraction of sp³-hybridized carbons (Fsp3) is 0.471. The molecule has 1 atom stereocenters. The van der Waals surface area contributed by atoms with Crippen LogP contribution in [0.3, 0.4) is 0 Å². The quantitative estimate of drug-likeness (QED) is 0.815. The molecule has 1 aromatic carbocycles. The van der Waals surface area contributed by atoms with Crippen LogP contribution in [-0.4, -0.2) is 16.1 Å². The Kier molecular flexibility index (Phi) is 4.49. The molecular weight excluding hydrogens is 246 g/mol. The van der Waals surface area contributed by atoms with Crippen LogP contribution in [-0.2, 0) is 13.0 Å². The van der Waals surface area contributed by atoms with Crippen molar-refractivity contribution in [2.45, 2.75) is 44.7 Å². The number of hydrogen-bond acceptors (Lipinski definition) is 2. The zero-order valence-electron chi connectivity index (χ0n) is 12.0. The standard InChI is InChI=1S/C17H23N3/c1-2-8-16-15(6-1)7-5-9-17(16)19-10-3-4-12-20-13-11-18-14-20/h1-2,6,8,11,13-14,17,19H,3-5,7,9-10,12H2. The summed E-state index contributed by atoms with van der Waals surface area (Å²) in [6, 6.07) is 9.46. The average Bonchev–Trinajstić information content (AvgIpc) is 3.00. The number of aryl methyl sites for hydroxylation is 2. The average molecular weight is 269 g/mol. The van der Waals surface area contributed by atoms with Gasteiger partial charge in [-0.25, -0.2) is 4.98 Å². The lowest BCUT2D eigenvalue weighted by Gasteiger charge is -2.26. The van der Waals surface area contributed by atoms with E-state index in [0.717, 1.165) is 13.1 Å². The summed E-state index contributed by atoms with van der Waals surface area (Å²) in [6.07, 6.45) is 12.0. The molecule has 0 spiro atoms. The first-order valence-corrected chi connectivity index (χ1v) is 7.70. The van der Waals surface area contributed by atoms with E-state index < -0.39 is 0 Å². The molecule has 1 aliphatic carbocycles. The molecule has 1 heterocycles. The summed E-state index contributed by atoms with van der Waals surface area (Å²) in [7, 11) is 0. The fourth-order valence-corrected chi connectivity index (χ4v) is 3.08. The summed E-state index contributed by atoms with van der Waals surface area (Å²) in [5.74, 6) is 0. The van der Waals surface area contributed by atoms with Gasteiger partial charge in [0.25, 0.3) is 0 Å². The van der Waals surface area contributed by atoms with Crippen molar-refractivity contribution in [2.24, 2.45) is 0 Å². The van der Waals surface area contributed by atoms with E-state index in [9.17, 15) is 0 Å². The van der Waals surface area contributed by atoms with E-state index in [0.29, 0.717) is 6.04 Å². The number of nitrogens with zero attached hydrogens (tertiary/aromatic N) is 2. The van der Waals surface area contributed by atoms with Crippen molar-refractivity contribution in [3.05, 3.63) is 54.1 Å². The minimum absolute atomic E-state index is 0.563. The number of unbranched alkanes of at least 4 members (excludes halogenated alkanes) is 1. The van der Waals surface area contributed by atoms with Crippen molar-refractivity contribution < 1.29 is 0 Å². The van der Waals surface area contributed by atoms with Gasteiger partial charge in [-0.3, -0.25) is 0 Å². The molecule has 1 aliphatic rings. The Morgan fingerprint density at radius 2 is 2.20 bits per heavy atom. The third-order valence-corrected chi connectivity index (χ3v) is 4.16. The zero-order chi connectivity index (χ0) is 13.6. The van der Waals surface area contributed by atoms with Crippen LogP contribution in [0.2, 0.25) is 0 Å². The molecule has 3 heteroatoms. The van der Waals surface area contributed by atoms with Crippen molar-refractivity contribution >= 4 is 0 Å². The lowest BCUT2D eigenvalue weighted by Crippen LogP contribution is -2.26. The second-order valence-corrected chi connectivity index (χ2v) is 5.61. The number of nitrogens with one attached hydrogen (secondary N) is 1. The minimum Gasteiger partial charge on any atom is -0.337 e. The third kappa shape index (κ3) is 3.28. The molecule has 1 aromatic heterocycles. The molecule has 0 aliphatic heterocycles. The van der Waals surface area contributed by atoms with Crippen molar-refractivity contribution in [3.8, 4) is 0 Å². The maximum absolute atomic E-state index is 4.07. The molecule has 0 amide bonds. The lowest BCUT2D eigenvalue weighted by atomic mass is 9.88. The number of imidazole rings is 1. The summed E-state index contributed by atoms with van der Waals surface area (Å²) in [4.78, 5) is 4.07. The van der Waals surface area contributed by atoms with Crippen LogP contribution in [0.25, 0.3) is 0 Å². The lowest BCUT2D eigenvalue weighted by molar-refractivity contribution is 0.446. The molecule has 0 radical (unpaired) electrons. The summed E-state index contributed by atoms with van der Waals surface area (Å²) in [5.41, 5.74) is 3.06. The van der Waals surface area contributed by atoms with Gasteiger partial charge in [0, 0.05) is 25.0 Å². The van der Waals surface area contributed by atoms with Gasteiger partial charge in [0.2, 0.25) is 0 Å². The first kappa shape index (κ1) is 13.4. The maximum atomic E-state index is 4.07. The highest BCUT2D eigenvalue weighted by molar-refractivity contribution is 5.32. The summed E-state index contributed by atoms with van der Waals surface area (Å²) >= 11 is 0. The Morgan fingerprint density at radius 3 is 3.10 bits per heavy atom. The van der Waals surface area contributed by atoms with E-state index in [1.165, 1.54) is 43.2 Å². The number of rotatable bonds is 6. The van der Waals surface area contributed by atoms with Crippen molar-refractivity contribution in [2.75, 3.05) is 6.54 Å². The molecule has 3 nitrogen and oxygen atoms in total. The second-order valence-electron chi connectivity index (χ2n) is 5.61. The van der Waals surface area contributed by atoms with Crippen LogP contribution in [0, 0.1) is 0 Å². The van der Waals surface area contributed by atoms with E-state index in [-0.39, 0.29) is 0 Å². The number of benzene rings is 1. The third-order valence-electron chi connectivity index (χ3n) is 4.16. The van der Waals surface area contributed by atoms with E-state index >= 15 is 0 Å². The van der Waals surface area contributed by atoms with Crippen LogP contribution < -0.4 is 5.32 Å². The molecule has 1 unspecified atom stereocenters. The van der Waals surface area contributed by atoms with Crippen LogP contribution in [0.1, 0.15) is 42.9 Å². The van der Waals surface area contributed by atoms with E-state index in [4.69, 9.17) is 0 Å². The first-order valence-electron chi connectivity index (χ1n) is 7.70. The van der Waals surface area contributed by atoms with Gasteiger partial charge in [-0.05, 0) is 49.8 Å². The molecule has 106 valence electrons. The first-order chi connectivity index (χ1) is 9.93. The highest BCUT2D eigenvalue weighted by Gasteiger charge is 2.18. The Balaban J connectivity index is 1.43. The van der Waals surface area contributed by atoms with Gasteiger partial charge in [0.05, 0.1) is 6.33 Å². The number of aromatic nitrogens is 2. The number of hydrogen-bond donors (Lipinski definition) is 1. The number of fused-ring (bicyclic) bond motifs is 1. The van der Waals surface area contributed by atoms with E-state index in [2.05, 4.69) is 39.1 Å². The molecule has 0 bridgehead atoms. The highest BCUT2D eigenvalue weighted by atomic mass is 15.0. The van der Waals surface area contributed by atoms with Crippen LogP contribution >= 0.6 is 0 Å². The molecule has 0 saturated carbocycles. The Bertz CT molecular complexity index is 519. The van der Waals surface area contributed by atoms with Gasteiger partial charge in [-0.1, -0.05) is 24.3 Å². The van der Waals surface area contributed by atoms with Gasteiger partial charge >= 0.3 is 0 Å². The Morgan fingerprint density at radius 1 is 1.25 bits per heavy atom. The van der Waals surface area contributed by atoms with Gasteiger partial charge < -0.3 is 9.88 Å². The maximum Gasteiger partial charge on any atom is 0.0945 e. The summed E-state index contributed by atoms with van der Waals surface area (Å²) < 4.78 is 2.15. The normalized spacial score (nSPS) is 17.9. The van der Waals surface area contributed by atoms with E-state index in [1.54, 1.807) is 0 Å². The van der Waals surface area contributed by atoms with Crippen molar-refractivity contribution in [3.63, 3.8) is 0 Å². The zero-order valence-corrected chi connectivity index (χ0v) is 12.0. The topological polar surface area (TPSA) is 29.9 Å². The summed E-state index contributed by atoms with van der Waals surface area (Å²) in [5, 5.41) is 3.73. The fourth-order valence-electron chi connectivity index (χ4n) is 3.08. The van der Waals surface area contributed by atoms with Crippen LogP contribution in [0.4, 0.5) is 0 Å². The van der Waals surface area contributed by atoms with Crippen molar-refractivity contribution in [1.29, 1.82) is 0 Å². The Hall–Kier alpha value is -1.61. The molecule has 0 saturated heterocycles. The predicted molar refractivity (Wildman–Crippen MR) is 81.6 cm³/mol. The smallest absolute Gasteiger partial charge is 0.0945 e. The van der Waals surface area contributed by atoms with Gasteiger partial charge in [-0.2, -0.15) is 0 Å². The predicted octanol–water partition coefficient (Wildman–Crippen LogP) is 3.33. The highest BCUT2D eigenvalue weighted by Crippen LogP contribution is 2.29. The minimum atomic E-state index is 0.563. The molecule has 20 heavy (non-hydrogen) atoms. The summed E-state index contributed by atoms with van der Waals surface area (Å²) in [6.45, 7) is 2.18. The Labute approximate surface area is 121 Å². The van der Waals surface area contributed by atoms with Gasteiger partial charge in [0.15, 0.2) is 0 Å². The molecule has 2 aromatic rings. The monoisotopic (exact) mass is 269 g/mol. The SMILES string of the molecule is c1ccc2c(c1)CCCC2NCCCCn1ccnc1. The van der Waals surface area contributed by atoms with Gasteiger partial charge in [-0.15, -0.1) is 0 Å². The van der Waals surface area contributed by atoms with Gasteiger partial charge in [0.1, 0.15) is 0 Å². The molecule has 3 rings (SSSR count). The van der Waals surface area contributed by atoms with Crippen molar-refractivity contribution in [1.82, 2.24) is 14.9 Å². The van der Waals surface area contributed by atoms with Crippen LogP contribution in [0.5, 0.6) is 0 Å². The van der Waals surface area contributed by atoms with Crippen LogP contribution in [0.15, 0.2) is 43.0 Å². The van der Waals surface area contributed by atoms with E-state index in [1.807, 2.05) is 18.7 Å². The molecule has 0 fully saturated rings. The molecular formula is C17H23N3. The largest absolute Gasteiger partial charge is 0.337 e.